The van der Waals surface area contributed by atoms with Crippen molar-refractivity contribution in [2.45, 2.75) is 25.8 Å². The van der Waals surface area contributed by atoms with Gasteiger partial charge < -0.3 is 14.5 Å². The van der Waals surface area contributed by atoms with Crippen molar-refractivity contribution in [3.05, 3.63) is 46.4 Å². The molecule has 1 amide bonds. The molecule has 0 spiro atoms. The van der Waals surface area contributed by atoms with Crippen LogP contribution in [0.1, 0.15) is 40.2 Å². The predicted molar refractivity (Wildman–Crippen MR) is 105 cm³/mol. The standard InChI is InChI=1S/C18H21N7O6/c1-23-10-14(25(28)29)15(22-23)16(26)19-6-4-3-5-7-24-9-12(8-20-24)17-21-13(11-31-17)18(27)30-2/h8-11H,3-7H2,1-2H3,(H,19,26). The van der Waals surface area contributed by atoms with E-state index in [1.165, 1.54) is 31.3 Å². The summed E-state index contributed by atoms with van der Waals surface area (Å²) >= 11 is 0. The molecule has 0 aliphatic heterocycles. The number of unbranched alkanes of at least 4 members (excludes halogenated alkanes) is 2. The third-order valence-corrected chi connectivity index (χ3v) is 4.35. The second kappa shape index (κ2) is 9.65. The number of aromatic nitrogens is 5. The van der Waals surface area contributed by atoms with Crippen molar-refractivity contribution >= 4 is 17.6 Å². The van der Waals surface area contributed by atoms with E-state index in [1.54, 1.807) is 17.1 Å². The molecule has 3 aromatic heterocycles. The molecule has 0 fully saturated rings. The maximum Gasteiger partial charge on any atom is 0.360 e. The Morgan fingerprint density at radius 2 is 2.10 bits per heavy atom. The monoisotopic (exact) mass is 431 g/mol. The molecule has 0 aliphatic rings. The van der Waals surface area contributed by atoms with Crippen molar-refractivity contribution in [1.29, 1.82) is 0 Å². The number of ether oxygens (including phenoxy) is 1. The summed E-state index contributed by atoms with van der Waals surface area (Å²) in [4.78, 5) is 37.9. The average Bonchev–Trinajstić information content (AvgIpc) is 3.48. The Morgan fingerprint density at radius 1 is 1.29 bits per heavy atom. The molecule has 0 unspecified atom stereocenters. The molecule has 31 heavy (non-hydrogen) atoms. The number of hydrogen-bond acceptors (Lipinski definition) is 9. The second-order valence-corrected chi connectivity index (χ2v) is 6.63. The second-order valence-electron chi connectivity index (χ2n) is 6.63. The van der Waals surface area contributed by atoms with Gasteiger partial charge in [0.25, 0.3) is 5.91 Å². The Hall–Kier alpha value is -4.03. The van der Waals surface area contributed by atoms with Crippen LogP contribution in [0.5, 0.6) is 0 Å². The molecule has 0 radical (unpaired) electrons. The lowest BCUT2D eigenvalue weighted by atomic mass is 10.2. The van der Waals surface area contributed by atoms with Gasteiger partial charge >= 0.3 is 11.7 Å². The molecule has 0 atom stereocenters. The Kier molecular flexibility index (Phi) is 6.74. The number of nitro groups is 1. The number of esters is 1. The minimum atomic E-state index is -0.630. The fourth-order valence-electron chi connectivity index (χ4n) is 2.83. The molecule has 0 aliphatic carbocycles. The summed E-state index contributed by atoms with van der Waals surface area (Å²) in [5, 5.41) is 21.7. The van der Waals surface area contributed by atoms with Crippen LogP contribution in [0.25, 0.3) is 11.5 Å². The highest BCUT2D eigenvalue weighted by atomic mass is 16.6. The molecule has 1 N–H and O–H groups in total. The smallest absolute Gasteiger partial charge is 0.360 e. The van der Waals surface area contributed by atoms with Gasteiger partial charge in [0.1, 0.15) is 12.5 Å². The first-order chi connectivity index (χ1) is 14.9. The third kappa shape index (κ3) is 5.32. The molecular weight excluding hydrogens is 410 g/mol. The number of carbonyl (C=O) groups excluding carboxylic acids is 2. The van der Waals surface area contributed by atoms with E-state index < -0.39 is 16.8 Å². The lowest BCUT2D eigenvalue weighted by molar-refractivity contribution is -0.385. The highest BCUT2D eigenvalue weighted by molar-refractivity contribution is 5.96. The summed E-state index contributed by atoms with van der Waals surface area (Å²) in [6, 6.07) is 0. The number of amides is 1. The summed E-state index contributed by atoms with van der Waals surface area (Å²) in [6.07, 6.45) is 8.09. The summed E-state index contributed by atoms with van der Waals surface area (Å²) < 4.78 is 12.8. The molecule has 3 aromatic rings. The van der Waals surface area contributed by atoms with Gasteiger partial charge in [-0.3, -0.25) is 24.3 Å². The highest BCUT2D eigenvalue weighted by Gasteiger charge is 2.24. The van der Waals surface area contributed by atoms with Crippen LogP contribution >= 0.6 is 0 Å². The molecule has 0 bridgehead atoms. The van der Waals surface area contributed by atoms with Crippen LogP contribution in [0.15, 0.2) is 29.3 Å². The number of aryl methyl sites for hydroxylation is 2. The first kappa shape index (κ1) is 21.7. The van der Waals surface area contributed by atoms with E-state index in [1.807, 2.05) is 0 Å². The summed E-state index contributed by atoms with van der Waals surface area (Å²) in [5.74, 6) is -0.869. The minimum absolute atomic E-state index is 0.0864. The molecule has 0 saturated heterocycles. The van der Waals surface area contributed by atoms with Crippen LogP contribution in [0.4, 0.5) is 5.69 Å². The van der Waals surface area contributed by atoms with Gasteiger partial charge in [-0.05, 0) is 19.3 Å². The van der Waals surface area contributed by atoms with Crippen molar-refractivity contribution < 1.29 is 23.7 Å². The van der Waals surface area contributed by atoms with Crippen molar-refractivity contribution in [3.63, 3.8) is 0 Å². The van der Waals surface area contributed by atoms with Crippen molar-refractivity contribution in [1.82, 2.24) is 29.9 Å². The summed E-state index contributed by atoms with van der Waals surface area (Å²) in [6.45, 7) is 1.02. The highest BCUT2D eigenvalue weighted by Crippen LogP contribution is 2.18. The largest absolute Gasteiger partial charge is 0.464 e. The van der Waals surface area contributed by atoms with Gasteiger partial charge in [-0.2, -0.15) is 10.2 Å². The number of oxazole rings is 1. The van der Waals surface area contributed by atoms with Crippen molar-refractivity contribution in [2.75, 3.05) is 13.7 Å². The van der Waals surface area contributed by atoms with E-state index in [2.05, 4.69) is 25.2 Å². The number of nitrogens with one attached hydrogen (secondary N) is 1. The van der Waals surface area contributed by atoms with Gasteiger partial charge in [-0.25, -0.2) is 9.78 Å². The molecule has 0 aromatic carbocycles. The maximum atomic E-state index is 12.1. The zero-order valence-electron chi connectivity index (χ0n) is 17.0. The molecule has 3 heterocycles. The normalized spacial score (nSPS) is 10.8. The fourth-order valence-corrected chi connectivity index (χ4v) is 2.83. The van der Waals surface area contributed by atoms with Crippen LogP contribution < -0.4 is 5.32 Å². The minimum Gasteiger partial charge on any atom is -0.464 e. The lowest BCUT2D eigenvalue weighted by Gasteiger charge is -2.04. The van der Waals surface area contributed by atoms with Gasteiger partial charge in [0, 0.05) is 26.3 Å². The van der Waals surface area contributed by atoms with Crippen LogP contribution in [-0.4, -0.2) is 55.0 Å². The SMILES string of the molecule is COC(=O)c1coc(-c2cnn(CCCCCNC(=O)c3nn(C)cc3[N+](=O)[O-])c2)n1. The fraction of sp³-hybridized carbons (Fsp3) is 0.389. The number of methoxy groups -OCH3 is 1. The van der Waals surface area contributed by atoms with Crippen LogP contribution in [-0.2, 0) is 18.3 Å². The molecule has 3 rings (SSSR count). The Labute approximate surface area is 176 Å². The van der Waals surface area contributed by atoms with Gasteiger partial charge in [0.05, 0.1) is 23.8 Å². The molecular formula is C18H21N7O6. The van der Waals surface area contributed by atoms with Gasteiger partial charge in [0.2, 0.25) is 11.6 Å². The summed E-state index contributed by atoms with van der Waals surface area (Å²) in [5.41, 5.74) is 0.209. The van der Waals surface area contributed by atoms with Gasteiger partial charge in [-0.1, -0.05) is 0 Å². The first-order valence-electron chi connectivity index (χ1n) is 9.42. The molecule has 164 valence electrons. The maximum absolute atomic E-state index is 12.1. The molecule has 13 heteroatoms. The Morgan fingerprint density at radius 3 is 2.84 bits per heavy atom. The van der Waals surface area contributed by atoms with E-state index in [4.69, 9.17) is 4.42 Å². The van der Waals surface area contributed by atoms with E-state index in [9.17, 15) is 19.7 Å². The molecule has 13 nitrogen and oxygen atoms in total. The lowest BCUT2D eigenvalue weighted by Crippen LogP contribution is -2.25. The predicted octanol–water partition coefficient (Wildman–Crippen LogP) is 1.57. The molecule has 0 saturated carbocycles. The van der Waals surface area contributed by atoms with Crippen LogP contribution in [0.3, 0.4) is 0 Å². The van der Waals surface area contributed by atoms with Gasteiger partial charge in [-0.15, -0.1) is 0 Å². The summed E-state index contributed by atoms with van der Waals surface area (Å²) in [7, 11) is 2.78. The Bertz CT molecular complexity index is 1080. The van der Waals surface area contributed by atoms with E-state index >= 15 is 0 Å². The van der Waals surface area contributed by atoms with Crippen molar-refractivity contribution in [2.24, 2.45) is 7.05 Å². The third-order valence-electron chi connectivity index (χ3n) is 4.35. The average molecular weight is 431 g/mol. The number of carbonyl (C=O) groups is 2. The van der Waals surface area contributed by atoms with E-state index in [0.29, 0.717) is 25.1 Å². The number of hydrogen-bond donors (Lipinski definition) is 1. The van der Waals surface area contributed by atoms with E-state index in [0.717, 1.165) is 12.8 Å². The quantitative estimate of drug-likeness (QED) is 0.217. The van der Waals surface area contributed by atoms with Gasteiger partial charge in [0.15, 0.2) is 5.69 Å². The topological polar surface area (TPSA) is 160 Å². The zero-order valence-corrected chi connectivity index (χ0v) is 17.0. The first-order valence-corrected chi connectivity index (χ1v) is 9.42. The Balaban J connectivity index is 1.40. The van der Waals surface area contributed by atoms with Crippen LogP contribution in [0, 0.1) is 10.1 Å². The van der Waals surface area contributed by atoms with E-state index in [-0.39, 0.29) is 23.0 Å². The number of rotatable bonds is 10. The number of nitrogens with zero attached hydrogens (tertiary/aromatic N) is 6. The van der Waals surface area contributed by atoms with Crippen LogP contribution in [0.2, 0.25) is 0 Å². The van der Waals surface area contributed by atoms with Crippen molar-refractivity contribution in [3.8, 4) is 11.5 Å². The zero-order chi connectivity index (χ0) is 22.4.